The van der Waals surface area contributed by atoms with E-state index in [1.807, 2.05) is 0 Å². The summed E-state index contributed by atoms with van der Waals surface area (Å²) in [6.07, 6.45) is -5.82. The Labute approximate surface area is 356 Å². The van der Waals surface area contributed by atoms with Gasteiger partial charge in [-0.15, -0.1) is 0 Å². The lowest BCUT2D eigenvalue weighted by Crippen LogP contribution is -2.13. The summed E-state index contributed by atoms with van der Waals surface area (Å²) < 4.78 is 151. The molecule has 4 aromatic heterocycles. The van der Waals surface area contributed by atoms with Crippen LogP contribution in [0.3, 0.4) is 0 Å². The first-order valence-electron chi connectivity index (χ1n) is 19.0. The van der Waals surface area contributed by atoms with Gasteiger partial charge >= 0.3 is 12.4 Å². The van der Waals surface area contributed by atoms with Gasteiger partial charge in [-0.3, -0.25) is 8.80 Å². The number of ether oxygens (including phenoxy) is 2. The van der Waals surface area contributed by atoms with Crippen molar-refractivity contribution in [2.75, 3.05) is 12.0 Å². The Hall–Kier alpha value is -6.66. The van der Waals surface area contributed by atoms with Gasteiger partial charge in [0.25, 0.3) is 0 Å². The number of imidazole rings is 2. The number of rotatable bonds is 11. The molecule has 0 N–H and O–H groups in total. The number of fused-ring (bicyclic) bond motifs is 2. The fourth-order valence-corrected chi connectivity index (χ4v) is 9.29. The predicted molar refractivity (Wildman–Crippen MR) is 223 cm³/mol. The lowest BCUT2D eigenvalue weighted by atomic mass is 10.1. The molecular weight excluding hydrogens is 871 g/mol. The van der Waals surface area contributed by atoms with Gasteiger partial charge in [0.2, 0.25) is 0 Å². The van der Waals surface area contributed by atoms with Gasteiger partial charge < -0.3 is 9.47 Å². The van der Waals surface area contributed by atoms with Crippen LogP contribution in [-0.4, -0.2) is 47.6 Å². The van der Waals surface area contributed by atoms with Crippen LogP contribution in [0.1, 0.15) is 28.1 Å². The molecule has 0 saturated carbocycles. The molecule has 0 bridgehead atoms. The zero-order chi connectivity index (χ0) is 45.1. The smallest absolute Gasteiger partial charge is 0.419 e. The van der Waals surface area contributed by atoms with Crippen LogP contribution >= 0.6 is 0 Å². The Balaban J connectivity index is 1.05. The van der Waals surface area contributed by atoms with E-state index in [1.54, 1.807) is 68.4 Å². The van der Waals surface area contributed by atoms with E-state index in [-0.39, 0.29) is 61.8 Å². The molecule has 8 aromatic rings. The summed E-state index contributed by atoms with van der Waals surface area (Å²) in [4.78, 5) is 8.33. The molecule has 0 fully saturated rings. The summed E-state index contributed by atoms with van der Waals surface area (Å²) in [5, 5.41) is 0. The molecule has 0 unspecified atom stereocenters. The number of aryl methyl sites for hydroxylation is 3. The van der Waals surface area contributed by atoms with Crippen molar-refractivity contribution in [3.8, 4) is 45.5 Å². The third-order valence-electron chi connectivity index (χ3n) is 10.1. The Kier molecular flexibility index (Phi) is 10.9. The van der Waals surface area contributed by atoms with Crippen molar-refractivity contribution in [1.82, 2.24) is 18.8 Å². The van der Waals surface area contributed by atoms with Crippen LogP contribution in [0.25, 0.3) is 33.8 Å². The molecule has 10 nitrogen and oxygen atoms in total. The molecule has 0 spiro atoms. The highest BCUT2D eigenvalue weighted by Crippen LogP contribution is 2.39. The van der Waals surface area contributed by atoms with Gasteiger partial charge in [0, 0.05) is 29.8 Å². The first-order valence-corrected chi connectivity index (χ1v) is 22.5. The van der Waals surface area contributed by atoms with E-state index in [4.69, 9.17) is 9.47 Å². The summed E-state index contributed by atoms with van der Waals surface area (Å²) in [6.45, 7) is 3.14. The van der Waals surface area contributed by atoms with Crippen molar-refractivity contribution in [2.45, 2.75) is 42.4 Å². The van der Waals surface area contributed by atoms with Crippen LogP contribution in [-0.2, 0) is 38.4 Å². The lowest BCUT2D eigenvalue weighted by Gasteiger charge is -2.14. The standard InChI is InChI=1S/C45H34F6N4O6S2/c1-27-40(54-19-8-17-38(42(54)52-27)44(46,47)48)30-9-4-11-32(22-30)61-35-14-7-16-37(25-35)63(58,59)20-18-29-21-39(45(49,50)51)43-53-28(2)41(55(43)26-29)31-10-5-12-33(23-31)60-34-13-6-15-36(24-34)62(3,56)57/h4-17,19,21-26H,18,20H2,1-3H3. The lowest BCUT2D eigenvalue weighted by molar-refractivity contribution is -0.137. The molecule has 4 aromatic carbocycles. The molecule has 0 atom stereocenters. The maximum Gasteiger partial charge on any atom is 0.419 e. The van der Waals surface area contributed by atoms with Gasteiger partial charge in [-0.05, 0) is 105 Å². The molecule has 0 amide bonds. The molecule has 4 heterocycles. The molecule has 63 heavy (non-hydrogen) atoms. The second-order valence-electron chi connectivity index (χ2n) is 14.7. The zero-order valence-electron chi connectivity index (χ0n) is 33.4. The summed E-state index contributed by atoms with van der Waals surface area (Å²) in [5.41, 5.74) is -0.305. The summed E-state index contributed by atoms with van der Waals surface area (Å²) in [6, 6.07) is 27.5. The topological polar surface area (TPSA) is 121 Å². The summed E-state index contributed by atoms with van der Waals surface area (Å²) in [5.74, 6) is 0.301. The molecule has 0 saturated heterocycles. The fourth-order valence-electron chi connectivity index (χ4n) is 7.31. The van der Waals surface area contributed by atoms with Gasteiger partial charge in [0.05, 0.1) is 49.4 Å². The number of aromatic nitrogens is 4. The van der Waals surface area contributed by atoms with E-state index in [0.29, 0.717) is 28.2 Å². The van der Waals surface area contributed by atoms with Gasteiger partial charge in [-0.1, -0.05) is 36.4 Å². The van der Waals surface area contributed by atoms with Crippen LogP contribution in [0.5, 0.6) is 23.0 Å². The van der Waals surface area contributed by atoms with Gasteiger partial charge in [-0.2, -0.15) is 26.3 Å². The fraction of sp³-hybridized carbons (Fsp3) is 0.156. The molecule has 0 aliphatic heterocycles. The monoisotopic (exact) mass is 904 g/mol. The SMILES string of the molecule is Cc1nc2c(C(F)(F)F)cccn2c1-c1cccc(Oc2cccc(S(=O)(=O)CCc3cc(C(F)(F)F)c4nc(C)c(-c5cccc(Oc6cccc(S(C)(=O)=O)c6)c5)n4c3)c2)c1. The summed E-state index contributed by atoms with van der Waals surface area (Å²) in [7, 11) is -7.64. The number of halogens is 6. The quantitative estimate of drug-likeness (QED) is 0.118. The summed E-state index contributed by atoms with van der Waals surface area (Å²) >= 11 is 0. The van der Waals surface area contributed by atoms with E-state index >= 15 is 0 Å². The number of alkyl halides is 6. The first kappa shape index (κ1) is 43.0. The first-order chi connectivity index (χ1) is 29.7. The Morgan fingerprint density at radius 3 is 1.59 bits per heavy atom. The number of hydrogen-bond donors (Lipinski definition) is 0. The number of benzene rings is 4. The second-order valence-corrected chi connectivity index (χ2v) is 18.8. The molecule has 18 heteroatoms. The number of hydrogen-bond acceptors (Lipinski definition) is 8. The normalized spacial score (nSPS) is 12.6. The zero-order valence-corrected chi connectivity index (χ0v) is 35.0. The van der Waals surface area contributed by atoms with E-state index in [9.17, 15) is 43.2 Å². The van der Waals surface area contributed by atoms with E-state index in [1.165, 1.54) is 69.7 Å². The molecular formula is C45H34F6N4O6S2. The van der Waals surface area contributed by atoms with Crippen molar-refractivity contribution in [3.63, 3.8) is 0 Å². The van der Waals surface area contributed by atoms with E-state index < -0.39 is 48.9 Å². The Morgan fingerprint density at radius 2 is 1.05 bits per heavy atom. The van der Waals surface area contributed by atoms with Crippen LogP contribution in [0.2, 0.25) is 0 Å². The molecule has 0 aliphatic carbocycles. The maximum atomic E-state index is 14.6. The second kappa shape index (κ2) is 15.9. The maximum absolute atomic E-state index is 14.6. The van der Waals surface area contributed by atoms with Crippen LogP contribution in [0.4, 0.5) is 26.3 Å². The predicted octanol–water partition coefficient (Wildman–Crippen LogP) is 11.0. The highest BCUT2D eigenvalue weighted by molar-refractivity contribution is 7.91. The Morgan fingerprint density at radius 1 is 0.571 bits per heavy atom. The van der Waals surface area contributed by atoms with Gasteiger partial charge in [0.15, 0.2) is 19.7 Å². The van der Waals surface area contributed by atoms with Crippen molar-refractivity contribution in [2.24, 2.45) is 0 Å². The minimum absolute atomic E-state index is 0.0408. The van der Waals surface area contributed by atoms with Crippen LogP contribution in [0.15, 0.2) is 137 Å². The molecule has 0 radical (unpaired) electrons. The number of pyridine rings is 2. The van der Waals surface area contributed by atoms with Crippen LogP contribution in [0, 0.1) is 13.8 Å². The van der Waals surface area contributed by atoms with E-state index in [0.717, 1.165) is 18.4 Å². The van der Waals surface area contributed by atoms with Crippen LogP contribution < -0.4 is 9.47 Å². The van der Waals surface area contributed by atoms with Crippen molar-refractivity contribution < 1.29 is 52.7 Å². The number of nitrogens with zero attached hydrogens (tertiary/aromatic N) is 4. The average Bonchev–Trinajstić information content (AvgIpc) is 3.74. The molecule has 324 valence electrons. The Bertz CT molecular complexity index is 3310. The molecule has 0 aliphatic rings. The van der Waals surface area contributed by atoms with Crippen molar-refractivity contribution in [1.29, 1.82) is 0 Å². The third kappa shape index (κ3) is 8.86. The highest BCUT2D eigenvalue weighted by Gasteiger charge is 2.36. The van der Waals surface area contributed by atoms with Gasteiger partial charge in [-0.25, -0.2) is 26.8 Å². The molecule has 8 rings (SSSR count). The minimum atomic E-state index is -4.85. The van der Waals surface area contributed by atoms with Crippen molar-refractivity contribution in [3.05, 3.63) is 156 Å². The van der Waals surface area contributed by atoms with Crippen molar-refractivity contribution >= 4 is 31.0 Å². The minimum Gasteiger partial charge on any atom is -0.457 e. The highest BCUT2D eigenvalue weighted by atomic mass is 32.2. The van der Waals surface area contributed by atoms with E-state index in [2.05, 4.69) is 9.97 Å². The number of sulfone groups is 2. The average molecular weight is 905 g/mol. The third-order valence-corrected chi connectivity index (χ3v) is 13.0. The van der Waals surface area contributed by atoms with Gasteiger partial charge in [0.1, 0.15) is 34.3 Å². The largest absolute Gasteiger partial charge is 0.457 e.